The summed E-state index contributed by atoms with van der Waals surface area (Å²) in [5.74, 6) is -0.0957. The number of ether oxygens (including phenoxy) is 2. The van der Waals surface area contributed by atoms with Crippen LogP contribution in [0.4, 0.5) is 0 Å². The summed E-state index contributed by atoms with van der Waals surface area (Å²) in [5.41, 5.74) is 2.16. The summed E-state index contributed by atoms with van der Waals surface area (Å²) in [6.45, 7) is 1.99. The molecule has 4 rings (SSSR count). The SMILES string of the molecule is Cn1c(CN(CC2OCCO2)C(=O)Cn2cnnn2)cc2ccccc21. The number of hydrogen-bond acceptors (Lipinski definition) is 6. The largest absolute Gasteiger partial charge is 0.348 e. The minimum atomic E-state index is -0.400. The molecule has 26 heavy (non-hydrogen) atoms. The smallest absolute Gasteiger partial charge is 0.244 e. The van der Waals surface area contributed by atoms with Crippen molar-refractivity contribution in [2.75, 3.05) is 19.8 Å². The van der Waals surface area contributed by atoms with Gasteiger partial charge in [-0.1, -0.05) is 18.2 Å². The van der Waals surface area contributed by atoms with Gasteiger partial charge >= 0.3 is 0 Å². The molecule has 136 valence electrons. The number of tetrazole rings is 1. The monoisotopic (exact) mass is 356 g/mol. The van der Waals surface area contributed by atoms with Crippen molar-refractivity contribution in [3.8, 4) is 0 Å². The van der Waals surface area contributed by atoms with Gasteiger partial charge in [0.25, 0.3) is 0 Å². The molecule has 0 atom stereocenters. The molecule has 9 nitrogen and oxygen atoms in total. The minimum absolute atomic E-state index is 0.0731. The second-order valence-corrected chi connectivity index (χ2v) is 6.21. The van der Waals surface area contributed by atoms with Crippen LogP contribution in [0.5, 0.6) is 0 Å². The maximum absolute atomic E-state index is 12.8. The van der Waals surface area contributed by atoms with Crippen LogP contribution in [0.1, 0.15) is 5.69 Å². The van der Waals surface area contributed by atoms with Crippen molar-refractivity contribution in [3.63, 3.8) is 0 Å². The van der Waals surface area contributed by atoms with Crippen LogP contribution < -0.4 is 0 Å². The predicted octanol–water partition coefficient (Wildman–Crippen LogP) is 0.567. The molecular weight excluding hydrogens is 336 g/mol. The highest BCUT2D eigenvalue weighted by Gasteiger charge is 2.24. The quantitative estimate of drug-likeness (QED) is 0.642. The van der Waals surface area contributed by atoms with E-state index in [2.05, 4.69) is 38.3 Å². The molecule has 1 aromatic carbocycles. The van der Waals surface area contributed by atoms with Crippen molar-refractivity contribution in [1.29, 1.82) is 0 Å². The molecule has 0 N–H and O–H groups in total. The molecule has 2 aromatic heterocycles. The number of amides is 1. The molecule has 0 saturated carbocycles. The summed E-state index contributed by atoms with van der Waals surface area (Å²) < 4.78 is 14.6. The van der Waals surface area contributed by atoms with Gasteiger partial charge in [-0.3, -0.25) is 4.79 Å². The Morgan fingerprint density at radius 1 is 1.31 bits per heavy atom. The van der Waals surface area contributed by atoms with Crippen LogP contribution >= 0.6 is 0 Å². The molecule has 0 bridgehead atoms. The summed E-state index contributed by atoms with van der Waals surface area (Å²) >= 11 is 0. The average molecular weight is 356 g/mol. The van der Waals surface area contributed by atoms with Crippen molar-refractivity contribution >= 4 is 16.8 Å². The van der Waals surface area contributed by atoms with Crippen LogP contribution in [-0.2, 0) is 34.4 Å². The zero-order chi connectivity index (χ0) is 17.9. The fourth-order valence-electron chi connectivity index (χ4n) is 3.13. The summed E-state index contributed by atoms with van der Waals surface area (Å²) in [6.07, 6.45) is 1.03. The third kappa shape index (κ3) is 3.44. The van der Waals surface area contributed by atoms with Gasteiger partial charge in [-0.15, -0.1) is 5.10 Å². The molecular formula is C17H20N6O3. The number of carbonyl (C=O) groups excluding carboxylic acids is 1. The molecule has 3 heterocycles. The van der Waals surface area contributed by atoms with E-state index in [4.69, 9.17) is 9.47 Å². The van der Waals surface area contributed by atoms with Gasteiger partial charge in [0.2, 0.25) is 5.91 Å². The molecule has 1 fully saturated rings. The first kappa shape index (κ1) is 16.7. The number of nitrogens with zero attached hydrogens (tertiary/aromatic N) is 6. The number of para-hydroxylation sites is 1. The van der Waals surface area contributed by atoms with Crippen molar-refractivity contribution in [1.82, 2.24) is 29.7 Å². The van der Waals surface area contributed by atoms with Gasteiger partial charge in [-0.25, -0.2) is 4.68 Å². The van der Waals surface area contributed by atoms with Crippen LogP contribution in [0, 0.1) is 0 Å². The van der Waals surface area contributed by atoms with E-state index in [9.17, 15) is 4.79 Å². The highest BCUT2D eigenvalue weighted by atomic mass is 16.7. The first-order valence-corrected chi connectivity index (χ1v) is 8.46. The summed E-state index contributed by atoms with van der Waals surface area (Å²) in [5, 5.41) is 12.1. The minimum Gasteiger partial charge on any atom is -0.348 e. The molecule has 0 spiro atoms. The van der Waals surface area contributed by atoms with E-state index in [0.717, 1.165) is 16.6 Å². The third-order valence-corrected chi connectivity index (χ3v) is 4.51. The zero-order valence-corrected chi connectivity index (χ0v) is 14.5. The van der Waals surface area contributed by atoms with Gasteiger partial charge in [0.1, 0.15) is 12.9 Å². The predicted molar refractivity (Wildman–Crippen MR) is 91.8 cm³/mol. The molecule has 0 unspecified atom stereocenters. The molecule has 1 amide bonds. The van der Waals surface area contributed by atoms with Crippen LogP contribution in [0.25, 0.3) is 10.9 Å². The van der Waals surface area contributed by atoms with E-state index < -0.39 is 6.29 Å². The second-order valence-electron chi connectivity index (χ2n) is 6.21. The Morgan fingerprint density at radius 2 is 2.12 bits per heavy atom. The number of fused-ring (bicyclic) bond motifs is 1. The van der Waals surface area contributed by atoms with Crippen molar-refractivity contribution in [2.45, 2.75) is 19.4 Å². The van der Waals surface area contributed by atoms with Crippen LogP contribution in [0.2, 0.25) is 0 Å². The summed E-state index contributed by atoms with van der Waals surface area (Å²) in [4.78, 5) is 14.5. The van der Waals surface area contributed by atoms with E-state index >= 15 is 0 Å². The molecule has 0 radical (unpaired) electrons. The normalized spacial score (nSPS) is 15.0. The number of rotatable bonds is 6. The number of aromatic nitrogens is 5. The third-order valence-electron chi connectivity index (χ3n) is 4.51. The van der Waals surface area contributed by atoms with Gasteiger partial charge in [-0.2, -0.15) is 0 Å². The second kappa shape index (κ2) is 7.22. The lowest BCUT2D eigenvalue weighted by atomic mass is 10.2. The molecule has 3 aromatic rings. The summed E-state index contributed by atoms with van der Waals surface area (Å²) in [7, 11) is 2.00. The van der Waals surface area contributed by atoms with Gasteiger partial charge in [0.15, 0.2) is 6.29 Å². The molecule has 9 heteroatoms. The Bertz CT molecular complexity index is 885. The highest BCUT2D eigenvalue weighted by molar-refractivity contribution is 5.81. The Morgan fingerprint density at radius 3 is 2.85 bits per heavy atom. The van der Waals surface area contributed by atoms with E-state index in [-0.39, 0.29) is 12.5 Å². The lowest BCUT2D eigenvalue weighted by Crippen LogP contribution is -2.39. The Hall–Kier alpha value is -2.78. The van der Waals surface area contributed by atoms with E-state index in [1.165, 1.54) is 11.0 Å². The number of benzene rings is 1. The fraction of sp³-hybridized carbons (Fsp3) is 0.412. The molecule has 1 saturated heterocycles. The number of aryl methyl sites for hydroxylation is 1. The Balaban J connectivity index is 1.56. The average Bonchev–Trinajstić information content (AvgIpc) is 3.38. The number of hydrogen-bond donors (Lipinski definition) is 0. The Labute approximate surface area is 150 Å². The van der Waals surface area contributed by atoms with Crippen molar-refractivity contribution in [2.24, 2.45) is 7.05 Å². The van der Waals surface area contributed by atoms with Gasteiger partial charge < -0.3 is 18.9 Å². The van der Waals surface area contributed by atoms with Gasteiger partial charge in [0, 0.05) is 18.3 Å². The maximum atomic E-state index is 12.8. The number of carbonyl (C=O) groups is 1. The van der Waals surface area contributed by atoms with E-state index in [0.29, 0.717) is 26.3 Å². The topological polar surface area (TPSA) is 87.3 Å². The zero-order valence-electron chi connectivity index (χ0n) is 14.5. The van der Waals surface area contributed by atoms with Crippen LogP contribution in [0.3, 0.4) is 0 Å². The summed E-state index contributed by atoms with van der Waals surface area (Å²) in [6, 6.07) is 10.2. The maximum Gasteiger partial charge on any atom is 0.244 e. The van der Waals surface area contributed by atoms with Crippen LogP contribution in [-0.4, -0.2) is 61.6 Å². The Kier molecular flexibility index (Phi) is 4.63. The molecule has 1 aliphatic rings. The lowest BCUT2D eigenvalue weighted by Gasteiger charge is -2.25. The first-order chi connectivity index (χ1) is 12.7. The fourth-order valence-corrected chi connectivity index (χ4v) is 3.13. The first-order valence-electron chi connectivity index (χ1n) is 8.46. The van der Waals surface area contributed by atoms with Crippen molar-refractivity contribution < 1.29 is 14.3 Å². The lowest BCUT2D eigenvalue weighted by molar-refractivity contribution is -0.139. The standard InChI is InChI=1S/C17H20N6O3/c1-21-14(8-13-4-2-3-5-15(13)21)9-22(11-17-25-6-7-26-17)16(24)10-23-12-18-19-20-23/h2-5,8,12,17H,6-7,9-11H2,1H3. The van der Waals surface area contributed by atoms with E-state index in [1.807, 2.05) is 19.2 Å². The van der Waals surface area contributed by atoms with E-state index in [1.54, 1.807) is 4.90 Å². The molecule has 1 aliphatic heterocycles. The highest BCUT2D eigenvalue weighted by Crippen LogP contribution is 2.20. The van der Waals surface area contributed by atoms with Crippen molar-refractivity contribution in [3.05, 3.63) is 42.4 Å². The molecule has 0 aliphatic carbocycles. The van der Waals surface area contributed by atoms with Crippen LogP contribution in [0.15, 0.2) is 36.7 Å². The van der Waals surface area contributed by atoms with Gasteiger partial charge in [0.05, 0.1) is 26.3 Å². The van der Waals surface area contributed by atoms with Gasteiger partial charge in [-0.05, 0) is 27.9 Å².